The summed E-state index contributed by atoms with van der Waals surface area (Å²) in [7, 11) is -0.729. The molecule has 0 aliphatic carbocycles. The number of para-hydroxylation sites is 1. The van der Waals surface area contributed by atoms with E-state index in [0.717, 1.165) is 18.0 Å². The van der Waals surface area contributed by atoms with Crippen LogP contribution in [0.1, 0.15) is 27.1 Å². The molecule has 0 N–H and O–H groups in total. The monoisotopic (exact) mass is 688 g/mol. The molecular formula is C47H31NOPS+. The summed E-state index contributed by atoms with van der Waals surface area (Å²) in [5.74, 6) is 1.84. The number of anilines is 2. The first-order chi connectivity index (χ1) is 25.3. The first-order valence-corrected chi connectivity index (χ1v) is 19.7. The molecule has 1 spiro atoms. The molecule has 0 bridgehead atoms. The number of ether oxygens (including phenoxy) is 1. The highest BCUT2D eigenvalue weighted by Crippen LogP contribution is 2.71. The zero-order valence-electron chi connectivity index (χ0n) is 27.7. The lowest BCUT2D eigenvalue weighted by atomic mass is 9.64. The summed E-state index contributed by atoms with van der Waals surface area (Å²) in [6.45, 7) is 0.855. The zero-order chi connectivity index (χ0) is 33.5. The normalized spacial score (nSPS) is 14.4. The second kappa shape index (κ2) is 11.1. The predicted octanol–water partition coefficient (Wildman–Crippen LogP) is 13.5. The van der Waals surface area contributed by atoms with E-state index in [2.05, 4.69) is 180 Å². The Balaban J connectivity index is 1.24. The molecule has 1 unspecified atom stereocenters. The van der Waals surface area contributed by atoms with Crippen LogP contribution in [0.4, 0.5) is 11.1 Å². The highest BCUT2D eigenvalue weighted by Gasteiger charge is 2.56. The fourth-order valence-electron chi connectivity index (χ4n) is 8.56. The molecule has 0 saturated heterocycles. The zero-order valence-corrected chi connectivity index (χ0v) is 29.4. The smallest absolute Gasteiger partial charge is 0.241 e. The van der Waals surface area contributed by atoms with Crippen molar-refractivity contribution in [2.24, 2.45) is 0 Å². The fourth-order valence-corrected chi connectivity index (χ4v) is 13.2. The van der Waals surface area contributed by atoms with Gasteiger partial charge in [-0.2, -0.15) is 0 Å². The molecule has 7 aromatic carbocycles. The van der Waals surface area contributed by atoms with Crippen LogP contribution in [0.3, 0.4) is 0 Å². The SMILES string of the molecule is c1ccc(-c2ccc3c(c2)-[p+]2csc4c2N(C3)c2ccccc2C42c3cc(-c4ccccc4)ccc3Oc3ccc(-c4ccccc4)cc32)cc1. The minimum atomic E-state index is -0.729. The summed E-state index contributed by atoms with van der Waals surface area (Å²) in [6.07, 6.45) is 0. The molecule has 1 atom stereocenters. The van der Waals surface area contributed by atoms with Crippen LogP contribution in [0, 0.1) is 0 Å². The third-order valence-corrected chi connectivity index (χ3v) is 14.9. The van der Waals surface area contributed by atoms with Crippen molar-refractivity contribution in [2.45, 2.75) is 12.0 Å². The molecule has 3 aliphatic rings. The Morgan fingerprint density at radius 1 is 0.510 bits per heavy atom. The molecule has 4 heteroatoms. The quantitative estimate of drug-likeness (QED) is 0.183. The average Bonchev–Trinajstić information content (AvgIpc) is 3.66. The number of benzene rings is 7. The van der Waals surface area contributed by atoms with Gasteiger partial charge in [0.05, 0.1) is 16.8 Å². The molecule has 11 rings (SSSR count). The third-order valence-electron chi connectivity index (χ3n) is 10.9. The molecule has 0 amide bonds. The van der Waals surface area contributed by atoms with Crippen molar-refractivity contribution in [3.8, 4) is 50.2 Å². The molecular weight excluding hydrogens is 658 g/mol. The van der Waals surface area contributed by atoms with Gasteiger partial charge in [0, 0.05) is 22.4 Å². The topological polar surface area (TPSA) is 12.5 Å². The van der Waals surface area contributed by atoms with Crippen LogP contribution < -0.4 is 9.64 Å². The van der Waals surface area contributed by atoms with E-state index in [9.17, 15) is 0 Å². The number of hydrogen-bond donors (Lipinski definition) is 0. The van der Waals surface area contributed by atoms with Crippen molar-refractivity contribution in [1.29, 1.82) is 0 Å². The minimum absolute atomic E-state index is 0.562. The molecule has 2 nitrogen and oxygen atoms in total. The first-order valence-electron chi connectivity index (χ1n) is 17.4. The lowest BCUT2D eigenvalue weighted by Gasteiger charge is -2.46. The Labute approximate surface area is 302 Å². The molecule has 0 fully saturated rings. The summed E-state index contributed by atoms with van der Waals surface area (Å²) < 4.78 is 6.91. The Morgan fingerprint density at radius 3 is 1.65 bits per heavy atom. The predicted molar refractivity (Wildman–Crippen MR) is 213 cm³/mol. The first kappa shape index (κ1) is 29.0. The van der Waals surface area contributed by atoms with Gasteiger partial charge in [-0.05, 0) is 75.3 Å². The van der Waals surface area contributed by atoms with Crippen molar-refractivity contribution in [2.75, 3.05) is 4.90 Å². The van der Waals surface area contributed by atoms with Gasteiger partial charge in [0.25, 0.3) is 0 Å². The summed E-state index contributed by atoms with van der Waals surface area (Å²) in [4.78, 5) is 4.05. The molecule has 0 radical (unpaired) electrons. The van der Waals surface area contributed by atoms with Crippen molar-refractivity contribution in [1.82, 2.24) is 0 Å². The largest absolute Gasteiger partial charge is 0.457 e. The lowest BCUT2D eigenvalue weighted by molar-refractivity contribution is 0.435. The van der Waals surface area contributed by atoms with Crippen molar-refractivity contribution >= 4 is 30.0 Å². The van der Waals surface area contributed by atoms with E-state index in [1.54, 1.807) is 0 Å². The number of nitrogens with zero attached hydrogens (tertiary/aromatic N) is 1. The summed E-state index contributed by atoms with van der Waals surface area (Å²) in [5, 5.41) is 4.03. The van der Waals surface area contributed by atoms with E-state index in [-0.39, 0.29) is 0 Å². The van der Waals surface area contributed by atoms with Gasteiger partial charge in [-0.1, -0.05) is 145 Å². The summed E-state index contributed by atoms with van der Waals surface area (Å²) in [5.41, 5.74) is 14.7. The van der Waals surface area contributed by atoms with E-state index in [4.69, 9.17) is 4.74 Å². The number of hydrogen-bond acceptors (Lipinski definition) is 3. The summed E-state index contributed by atoms with van der Waals surface area (Å²) in [6, 6.07) is 62.2. The molecule has 4 heterocycles. The fraction of sp³-hybridized carbons (Fsp3) is 0.0426. The Hall–Kier alpha value is -5.73. The maximum Gasteiger partial charge on any atom is 0.241 e. The van der Waals surface area contributed by atoms with Gasteiger partial charge in [0.1, 0.15) is 11.5 Å². The van der Waals surface area contributed by atoms with E-state index < -0.39 is 12.9 Å². The number of fused-ring (bicyclic) bond motifs is 10. The Kier molecular flexibility index (Phi) is 6.34. The van der Waals surface area contributed by atoms with Crippen molar-refractivity contribution in [3.63, 3.8) is 0 Å². The minimum Gasteiger partial charge on any atom is -0.457 e. The van der Waals surface area contributed by atoms with E-state index in [1.807, 2.05) is 11.3 Å². The highest BCUT2D eigenvalue weighted by atomic mass is 32.1. The molecule has 1 aromatic heterocycles. The maximum atomic E-state index is 6.91. The van der Waals surface area contributed by atoms with Gasteiger partial charge in [-0.15, -0.1) is 0 Å². The van der Waals surface area contributed by atoms with Crippen LogP contribution in [0.2, 0.25) is 0 Å². The van der Waals surface area contributed by atoms with Crippen LogP contribution in [0.15, 0.2) is 175 Å². The van der Waals surface area contributed by atoms with Gasteiger partial charge >= 0.3 is 0 Å². The van der Waals surface area contributed by atoms with Gasteiger partial charge in [0.2, 0.25) is 13.0 Å². The third kappa shape index (κ3) is 4.20. The van der Waals surface area contributed by atoms with Crippen LogP contribution in [0.5, 0.6) is 11.5 Å². The van der Waals surface area contributed by atoms with E-state index in [1.165, 1.54) is 76.9 Å². The molecule has 3 aliphatic heterocycles. The van der Waals surface area contributed by atoms with Crippen LogP contribution in [0.25, 0.3) is 38.7 Å². The maximum absolute atomic E-state index is 6.91. The summed E-state index contributed by atoms with van der Waals surface area (Å²) >= 11 is 1.95. The van der Waals surface area contributed by atoms with Gasteiger partial charge < -0.3 is 9.64 Å². The molecule has 240 valence electrons. The van der Waals surface area contributed by atoms with E-state index in [0.29, 0.717) is 0 Å². The van der Waals surface area contributed by atoms with Crippen LogP contribution >= 0.6 is 18.9 Å². The van der Waals surface area contributed by atoms with E-state index >= 15 is 0 Å². The lowest BCUT2D eigenvalue weighted by Crippen LogP contribution is -2.40. The van der Waals surface area contributed by atoms with Crippen LogP contribution in [-0.4, -0.2) is 0 Å². The molecule has 51 heavy (non-hydrogen) atoms. The molecule has 0 saturated carbocycles. The Bertz CT molecular complexity index is 2560. The van der Waals surface area contributed by atoms with Crippen molar-refractivity contribution < 1.29 is 4.74 Å². The second-order valence-corrected chi connectivity index (χ2v) is 16.7. The molecule has 8 aromatic rings. The number of rotatable bonds is 3. The van der Waals surface area contributed by atoms with Crippen molar-refractivity contribution in [3.05, 3.63) is 202 Å². The highest BCUT2D eigenvalue weighted by molar-refractivity contribution is 7.65. The standard InChI is InChI=1S/C47H31NOPS/c1-4-12-31(13-5-1)34-22-24-42-39(26-34)47(40-27-35(23-25-43(40)49-42)32-14-6-2-7-15-32)38-18-10-11-19-41(38)48-29-37-21-20-36(33-16-8-3-9-17-33)28-44(37)50-30-51-45(47)46(48)50/h1-28,30H,29H2/q+1. The van der Waals surface area contributed by atoms with Crippen LogP contribution in [-0.2, 0) is 12.0 Å². The second-order valence-electron chi connectivity index (χ2n) is 13.6. The Morgan fingerprint density at radius 2 is 1.04 bits per heavy atom. The van der Waals surface area contributed by atoms with Gasteiger partial charge in [-0.3, -0.25) is 0 Å². The van der Waals surface area contributed by atoms with Gasteiger partial charge in [0.15, 0.2) is 10.4 Å². The van der Waals surface area contributed by atoms with Gasteiger partial charge in [-0.25, -0.2) is 0 Å². The average molecular weight is 689 g/mol.